The Morgan fingerprint density at radius 3 is 2.69 bits per heavy atom. The van der Waals surface area contributed by atoms with Crippen LogP contribution in [-0.2, 0) is 0 Å². The van der Waals surface area contributed by atoms with Crippen LogP contribution in [0.2, 0.25) is 5.02 Å². The van der Waals surface area contributed by atoms with Gasteiger partial charge in [0.15, 0.2) is 11.5 Å². The summed E-state index contributed by atoms with van der Waals surface area (Å²) < 4.78 is 2.01. The van der Waals surface area contributed by atoms with Crippen LogP contribution < -0.4 is 10.2 Å². The molecule has 0 fully saturated rings. The van der Waals surface area contributed by atoms with E-state index in [1.807, 2.05) is 67.3 Å². The van der Waals surface area contributed by atoms with E-state index in [2.05, 4.69) is 32.3 Å². The fourth-order valence-corrected chi connectivity index (χ4v) is 3.06. The zero-order valence-corrected chi connectivity index (χ0v) is 15.3. The van der Waals surface area contributed by atoms with E-state index in [1.54, 1.807) is 6.20 Å². The van der Waals surface area contributed by atoms with E-state index in [0.717, 1.165) is 28.3 Å². The molecule has 0 unspecified atom stereocenters. The van der Waals surface area contributed by atoms with Crippen molar-refractivity contribution in [3.8, 4) is 11.3 Å². The maximum atomic E-state index is 6.13. The van der Waals surface area contributed by atoms with Crippen molar-refractivity contribution in [2.24, 2.45) is 0 Å². The molecule has 6 heteroatoms. The van der Waals surface area contributed by atoms with Gasteiger partial charge in [-0.15, -0.1) is 0 Å². The maximum Gasteiger partial charge on any atom is 0.180 e. The van der Waals surface area contributed by atoms with E-state index in [-0.39, 0.29) is 0 Å². The number of benzene rings is 2. The molecular formula is C20H18ClN5. The van der Waals surface area contributed by atoms with Crippen LogP contribution >= 0.6 is 11.6 Å². The van der Waals surface area contributed by atoms with Crippen molar-refractivity contribution in [2.45, 2.75) is 0 Å². The smallest absolute Gasteiger partial charge is 0.180 e. The molecule has 0 saturated heterocycles. The van der Waals surface area contributed by atoms with Crippen molar-refractivity contribution < 1.29 is 0 Å². The Hall–Kier alpha value is -3.05. The summed E-state index contributed by atoms with van der Waals surface area (Å²) in [6, 6.07) is 15.9. The van der Waals surface area contributed by atoms with Gasteiger partial charge in [0.25, 0.3) is 0 Å². The molecule has 0 aliphatic rings. The van der Waals surface area contributed by atoms with Gasteiger partial charge in [0.1, 0.15) is 0 Å². The quantitative estimate of drug-likeness (QED) is 0.562. The lowest BCUT2D eigenvalue weighted by Crippen LogP contribution is -2.08. The van der Waals surface area contributed by atoms with Crippen LogP contribution in [-0.4, -0.2) is 28.5 Å². The molecular weight excluding hydrogens is 346 g/mol. The van der Waals surface area contributed by atoms with Gasteiger partial charge in [-0.1, -0.05) is 29.8 Å². The topological polar surface area (TPSA) is 45.5 Å². The summed E-state index contributed by atoms with van der Waals surface area (Å²) in [4.78, 5) is 11.1. The number of halogens is 1. The maximum absolute atomic E-state index is 6.13. The highest BCUT2D eigenvalue weighted by Gasteiger charge is 2.11. The molecule has 0 aliphatic heterocycles. The molecule has 0 radical (unpaired) electrons. The molecule has 2 aromatic carbocycles. The highest BCUT2D eigenvalue weighted by molar-refractivity contribution is 6.30. The Kier molecular flexibility index (Phi) is 4.22. The van der Waals surface area contributed by atoms with E-state index < -0.39 is 0 Å². The minimum atomic E-state index is 0.699. The molecule has 4 rings (SSSR count). The van der Waals surface area contributed by atoms with Crippen molar-refractivity contribution >= 4 is 34.4 Å². The average molecular weight is 364 g/mol. The molecule has 1 N–H and O–H groups in total. The van der Waals surface area contributed by atoms with Crippen LogP contribution in [0.15, 0.2) is 67.1 Å². The van der Waals surface area contributed by atoms with Crippen molar-refractivity contribution in [3.63, 3.8) is 0 Å². The third-order valence-corrected chi connectivity index (χ3v) is 4.41. The summed E-state index contributed by atoms with van der Waals surface area (Å²) in [5.74, 6) is 0.705. The molecule has 0 atom stereocenters. The molecule has 0 bridgehead atoms. The third-order valence-electron chi connectivity index (χ3n) is 4.17. The lowest BCUT2D eigenvalue weighted by Gasteiger charge is -2.14. The zero-order valence-electron chi connectivity index (χ0n) is 14.5. The minimum Gasteiger partial charge on any atom is -0.378 e. The molecule has 130 valence electrons. The molecule has 2 aromatic heterocycles. The summed E-state index contributed by atoms with van der Waals surface area (Å²) in [5, 5.41) is 4.07. The van der Waals surface area contributed by atoms with Gasteiger partial charge in [-0.3, -0.25) is 4.40 Å². The van der Waals surface area contributed by atoms with Crippen LogP contribution in [0.1, 0.15) is 0 Å². The molecule has 4 aromatic rings. The zero-order chi connectivity index (χ0) is 18.1. The van der Waals surface area contributed by atoms with Gasteiger partial charge in [0, 0.05) is 48.4 Å². The Morgan fingerprint density at radius 2 is 1.88 bits per heavy atom. The van der Waals surface area contributed by atoms with Gasteiger partial charge in [-0.25, -0.2) is 9.97 Å². The predicted octanol–water partition coefficient (Wildman–Crippen LogP) is 4.86. The number of rotatable bonds is 4. The van der Waals surface area contributed by atoms with Crippen molar-refractivity contribution in [1.29, 1.82) is 0 Å². The van der Waals surface area contributed by atoms with Crippen LogP contribution in [0.4, 0.5) is 17.2 Å². The largest absolute Gasteiger partial charge is 0.378 e. The molecule has 0 saturated carbocycles. The molecule has 5 nitrogen and oxygen atoms in total. The van der Waals surface area contributed by atoms with Gasteiger partial charge in [0.2, 0.25) is 0 Å². The van der Waals surface area contributed by atoms with Crippen LogP contribution in [0.5, 0.6) is 0 Å². The second-order valence-electron chi connectivity index (χ2n) is 6.19. The molecule has 2 heterocycles. The van der Waals surface area contributed by atoms with Crippen molar-refractivity contribution in [3.05, 3.63) is 72.1 Å². The van der Waals surface area contributed by atoms with Gasteiger partial charge in [-0.05, 0) is 30.3 Å². The minimum absolute atomic E-state index is 0.699. The van der Waals surface area contributed by atoms with Crippen LogP contribution in [0.3, 0.4) is 0 Å². The molecule has 0 aliphatic carbocycles. The Labute approximate surface area is 156 Å². The summed E-state index contributed by atoms with van der Waals surface area (Å²) >= 11 is 6.13. The number of aromatic nitrogens is 3. The summed E-state index contributed by atoms with van der Waals surface area (Å²) in [5.41, 5.74) is 4.82. The highest BCUT2D eigenvalue weighted by Crippen LogP contribution is 2.27. The average Bonchev–Trinajstić information content (AvgIpc) is 3.07. The number of anilines is 3. The van der Waals surface area contributed by atoms with Gasteiger partial charge >= 0.3 is 0 Å². The number of imidazole rings is 1. The molecule has 26 heavy (non-hydrogen) atoms. The Bertz CT molecular complexity index is 1070. The molecule has 0 spiro atoms. The van der Waals surface area contributed by atoms with Crippen LogP contribution in [0, 0.1) is 0 Å². The number of nitrogens with one attached hydrogen (secondary N) is 1. The van der Waals surface area contributed by atoms with Crippen LogP contribution in [0.25, 0.3) is 16.9 Å². The first-order valence-corrected chi connectivity index (χ1v) is 8.62. The Morgan fingerprint density at radius 1 is 1.04 bits per heavy atom. The van der Waals surface area contributed by atoms with Gasteiger partial charge in [0.05, 0.1) is 11.9 Å². The fraction of sp³-hybridized carbons (Fsp3) is 0.100. The lowest BCUT2D eigenvalue weighted by atomic mass is 10.2. The van der Waals surface area contributed by atoms with E-state index >= 15 is 0 Å². The summed E-state index contributed by atoms with van der Waals surface area (Å²) in [6.07, 6.45) is 5.50. The monoisotopic (exact) mass is 363 g/mol. The predicted molar refractivity (Wildman–Crippen MR) is 107 cm³/mol. The standard InChI is InChI=1S/C20H18ClN5/c1-25(2)17-8-4-7-16(12-17)24-19-20-23-13-18(26(20)10-9-22-19)14-5-3-6-15(21)11-14/h3-13H,1-2H3,(H,22,24). The number of nitrogens with zero attached hydrogens (tertiary/aromatic N) is 4. The third kappa shape index (κ3) is 3.09. The van der Waals surface area contributed by atoms with Crippen molar-refractivity contribution in [1.82, 2.24) is 14.4 Å². The normalized spacial score (nSPS) is 10.9. The first-order valence-electron chi connectivity index (χ1n) is 8.24. The van der Waals surface area contributed by atoms with Crippen molar-refractivity contribution in [2.75, 3.05) is 24.3 Å². The van der Waals surface area contributed by atoms with E-state index in [4.69, 9.17) is 11.6 Å². The molecule has 0 amide bonds. The highest BCUT2D eigenvalue weighted by atomic mass is 35.5. The lowest BCUT2D eigenvalue weighted by molar-refractivity contribution is 1.12. The first kappa shape index (κ1) is 16.4. The number of fused-ring (bicyclic) bond motifs is 1. The summed E-state index contributed by atoms with van der Waals surface area (Å²) in [6.45, 7) is 0. The fourth-order valence-electron chi connectivity index (χ4n) is 2.87. The number of hydrogen-bond donors (Lipinski definition) is 1. The SMILES string of the molecule is CN(C)c1cccc(Nc2nccn3c(-c4cccc(Cl)c4)cnc23)c1. The Balaban J connectivity index is 1.75. The second kappa shape index (κ2) is 6.69. The number of hydrogen-bond acceptors (Lipinski definition) is 4. The van der Waals surface area contributed by atoms with Gasteiger partial charge < -0.3 is 10.2 Å². The van der Waals surface area contributed by atoms with E-state index in [1.165, 1.54) is 0 Å². The van der Waals surface area contributed by atoms with E-state index in [0.29, 0.717) is 10.8 Å². The first-order chi connectivity index (χ1) is 12.6. The summed E-state index contributed by atoms with van der Waals surface area (Å²) in [7, 11) is 4.04. The second-order valence-corrected chi connectivity index (χ2v) is 6.63. The van der Waals surface area contributed by atoms with E-state index in [9.17, 15) is 0 Å². The van der Waals surface area contributed by atoms with Gasteiger partial charge in [-0.2, -0.15) is 0 Å².